The lowest BCUT2D eigenvalue weighted by Crippen LogP contribution is -2.13. The number of nitrogens with one attached hydrogen (secondary N) is 2. The molecular formula is C13H14N6O. The molecule has 0 unspecified atom stereocenters. The van der Waals surface area contributed by atoms with Crippen molar-refractivity contribution < 1.29 is 4.74 Å². The second-order valence-corrected chi connectivity index (χ2v) is 4.12. The molecule has 0 aliphatic heterocycles. The van der Waals surface area contributed by atoms with Crippen LogP contribution in [-0.4, -0.2) is 33.1 Å². The topological polar surface area (TPSA) is 102 Å². The summed E-state index contributed by atoms with van der Waals surface area (Å²) in [7, 11) is 0. The third kappa shape index (κ3) is 2.61. The molecule has 0 spiro atoms. The summed E-state index contributed by atoms with van der Waals surface area (Å²) in [5.41, 5.74) is 6.91. The van der Waals surface area contributed by atoms with Gasteiger partial charge in [0, 0.05) is 0 Å². The Morgan fingerprint density at radius 2 is 2.05 bits per heavy atom. The van der Waals surface area contributed by atoms with E-state index in [1.807, 2.05) is 30.3 Å². The molecule has 0 bridgehead atoms. The average molecular weight is 270 g/mol. The molecule has 1 aromatic carbocycles. The summed E-state index contributed by atoms with van der Waals surface area (Å²) < 4.78 is 5.59. The molecule has 0 atom stereocenters. The van der Waals surface area contributed by atoms with Gasteiger partial charge in [-0.25, -0.2) is 4.98 Å². The predicted molar refractivity (Wildman–Crippen MR) is 76.5 cm³/mol. The lowest BCUT2D eigenvalue weighted by molar-refractivity contribution is 0.333. The van der Waals surface area contributed by atoms with Gasteiger partial charge in [0.15, 0.2) is 11.5 Å². The summed E-state index contributed by atoms with van der Waals surface area (Å²) in [6.07, 6.45) is 1.56. The molecule has 3 aromatic rings. The van der Waals surface area contributed by atoms with Crippen molar-refractivity contribution in [3.05, 3.63) is 36.7 Å². The molecular weight excluding hydrogens is 256 g/mol. The minimum atomic E-state index is 0.191. The van der Waals surface area contributed by atoms with Gasteiger partial charge in [-0.05, 0) is 12.1 Å². The SMILES string of the molecule is Nc1nc(NCCOc2ccccc2)c2[nH]cnc2n1. The first kappa shape index (κ1) is 12.2. The molecule has 7 nitrogen and oxygen atoms in total. The van der Waals surface area contributed by atoms with Crippen molar-refractivity contribution in [2.75, 3.05) is 24.2 Å². The van der Waals surface area contributed by atoms with Gasteiger partial charge in [0.2, 0.25) is 5.95 Å². The van der Waals surface area contributed by atoms with Crippen LogP contribution in [0.25, 0.3) is 11.2 Å². The Morgan fingerprint density at radius 3 is 2.90 bits per heavy atom. The van der Waals surface area contributed by atoms with E-state index in [0.29, 0.717) is 24.6 Å². The van der Waals surface area contributed by atoms with Crippen LogP contribution in [0.15, 0.2) is 36.7 Å². The van der Waals surface area contributed by atoms with Crippen LogP contribution in [0.3, 0.4) is 0 Å². The van der Waals surface area contributed by atoms with Crippen LogP contribution >= 0.6 is 0 Å². The number of nitrogens with two attached hydrogens (primary N) is 1. The maximum atomic E-state index is 5.63. The van der Waals surface area contributed by atoms with Crippen LogP contribution in [0, 0.1) is 0 Å². The number of aromatic amines is 1. The Kier molecular flexibility index (Phi) is 3.32. The number of aromatic nitrogens is 4. The van der Waals surface area contributed by atoms with Gasteiger partial charge in [-0.1, -0.05) is 18.2 Å². The summed E-state index contributed by atoms with van der Waals surface area (Å²) >= 11 is 0. The number of rotatable bonds is 5. The van der Waals surface area contributed by atoms with E-state index < -0.39 is 0 Å². The van der Waals surface area contributed by atoms with Crippen LogP contribution in [0.4, 0.5) is 11.8 Å². The first-order valence-corrected chi connectivity index (χ1v) is 6.21. The number of anilines is 2. The van der Waals surface area contributed by atoms with Gasteiger partial charge in [0.25, 0.3) is 0 Å². The number of imidazole rings is 1. The molecule has 2 heterocycles. The Balaban J connectivity index is 1.61. The minimum Gasteiger partial charge on any atom is -0.492 e. The van der Waals surface area contributed by atoms with E-state index in [0.717, 1.165) is 11.3 Å². The second-order valence-electron chi connectivity index (χ2n) is 4.12. The lowest BCUT2D eigenvalue weighted by atomic mass is 10.3. The molecule has 0 saturated heterocycles. The van der Waals surface area contributed by atoms with Crippen LogP contribution in [0.2, 0.25) is 0 Å². The highest BCUT2D eigenvalue weighted by Crippen LogP contribution is 2.16. The summed E-state index contributed by atoms with van der Waals surface area (Å²) in [4.78, 5) is 15.2. The van der Waals surface area contributed by atoms with Gasteiger partial charge >= 0.3 is 0 Å². The van der Waals surface area contributed by atoms with Crippen LogP contribution in [0.1, 0.15) is 0 Å². The van der Waals surface area contributed by atoms with Gasteiger partial charge in [-0.3, -0.25) is 0 Å². The molecule has 0 aliphatic rings. The number of nitrogens with zero attached hydrogens (tertiary/aromatic N) is 3. The van der Waals surface area contributed by atoms with Gasteiger partial charge in [-0.2, -0.15) is 9.97 Å². The highest BCUT2D eigenvalue weighted by Gasteiger charge is 2.07. The van der Waals surface area contributed by atoms with E-state index in [9.17, 15) is 0 Å². The predicted octanol–water partition coefficient (Wildman–Crippen LogP) is 1.43. The third-order valence-corrected chi connectivity index (χ3v) is 2.71. The molecule has 0 aliphatic carbocycles. The number of hydrogen-bond acceptors (Lipinski definition) is 6. The van der Waals surface area contributed by atoms with Gasteiger partial charge in [-0.15, -0.1) is 0 Å². The van der Waals surface area contributed by atoms with Gasteiger partial charge in [0.05, 0.1) is 12.9 Å². The van der Waals surface area contributed by atoms with Crippen LogP contribution < -0.4 is 15.8 Å². The van der Waals surface area contributed by atoms with E-state index in [-0.39, 0.29) is 5.95 Å². The van der Waals surface area contributed by atoms with E-state index in [1.54, 1.807) is 6.33 Å². The normalized spacial score (nSPS) is 10.6. The number of hydrogen-bond donors (Lipinski definition) is 3. The number of benzene rings is 1. The van der Waals surface area contributed by atoms with Crippen molar-refractivity contribution in [1.82, 2.24) is 19.9 Å². The largest absolute Gasteiger partial charge is 0.492 e. The van der Waals surface area contributed by atoms with Crippen LogP contribution in [-0.2, 0) is 0 Å². The minimum absolute atomic E-state index is 0.191. The maximum absolute atomic E-state index is 5.63. The molecule has 102 valence electrons. The van der Waals surface area contributed by atoms with Crippen molar-refractivity contribution in [3.63, 3.8) is 0 Å². The number of ether oxygens (including phenoxy) is 1. The summed E-state index contributed by atoms with van der Waals surface area (Å²) in [5.74, 6) is 1.65. The Hall–Kier alpha value is -2.83. The highest BCUT2D eigenvalue weighted by molar-refractivity contribution is 5.83. The number of fused-ring (bicyclic) bond motifs is 1. The number of nitrogen functional groups attached to an aromatic ring is 1. The van der Waals surface area contributed by atoms with Crippen molar-refractivity contribution >= 4 is 22.9 Å². The van der Waals surface area contributed by atoms with E-state index in [1.165, 1.54) is 0 Å². The zero-order chi connectivity index (χ0) is 13.8. The van der Waals surface area contributed by atoms with E-state index >= 15 is 0 Å². The van der Waals surface area contributed by atoms with Crippen molar-refractivity contribution in [3.8, 4) is 5.75 Å². The summed E-state index contributed by atoms with van der Waals surface area (Å²) in [6, 6.07) is 9.64. The molecule has 0 saturated carbocycles. The average Bonchev–Trinajstić information content (AvgIpc) is 2.92. The zero-order valence-corrected chi connectivity index (χ0v) is 10.7. The molecule has 2 aromatic heterocycles. The van der Waals surface area contributed by atoms with Crippen molar-refractivity contribution in [2.24, 2.45) is 0 Å². The maximum Gasteiger partial charge on any atom is 0.224 e. The molecule has 0 amide bonds. The number of para-hydroxylation sites is 1. The summed E-state index contributed by atoms with van der Waals surface area (Å²) in [5, 5.41) is 3.16. The molecule has 4 N–H and O–H groups in total. The molecule has 7 heteroatoms. The zero-order valence-electron chi connectivity index (χ0n) is 10.7. The molecule has 3 rings (SSSR count). The first-order valence-electron chi connectivity index (χ1n) is 6.21. The lowest BCUT2D eigenvalue weighted by Gasteiger charge is -2.08. The summed E-state index contributed by atoms with van der Waals surface area (Å²) in [6.45, 7) is 1.11. The third-order valence-electron chi connectivity index (χ3n) is 2.71. The fourth-order valence-electron chi connectivity index (χ4n) is 1.83. The molecule has 0 fully saturated rings. The molecule has 20 heavy (non-hydrogen) atoms. The van der Waals surface area contributed by atoms with Gasteiger partial charge in [0.1, 0.15) is 17.9 Å². The Labute approximate surface area is 115 Å². The Morgan fingerprint density at radius 1 is 1.20 bits per heavy atom. The fraction of sp³-hybridized carbons (Fsp3) is 0.154. The number of H-pyrrole nitrogens is 1. The smallest absolute Gasteiger partial charge is 0.224 e. The van der Waals surface area contributed by atoms with E-state index in [2.05, 4.69) is 25.3 Å². The quantitative estimate of drug-likeness (QED) is 0.606. The highest BCUT2D eigenvalue weighted by atomic mass is 16.5. The Bertz CT molecular complexity index is 696. The van der Waals surface area contributed by atoms with Crippen molar-refractivity contribution in [1.29, 1.82) is 0 Å². The second kappa shape index (κ2) is 5.43. The van der Waals surface area contributed by atoms with Gasteiger partial charge < -0.3 is 20.8 Å². The van der Waals surface area contributed by atoms with Crippen LogP contribution in [0.5, 0.6) is 5.75 Å². The molecule has 0 radical (unpaired) electrons. The monoisotopic (exact) mass is 270 g/mol. The van der Waals surface area contributed by atoms with E-state index in [4.69, 9.17) is 10.5 Å². The fourth-order valence-corrected chi connectivity index (χ4v) is 1.83. The first-order chi connectivity index (χ1) is 9.83. The van der Waals surface area contributed by atoms with Crippen molar-refractivity contribution in [2.45, 2.75) is 0 Å². The standard InChI is InChI=1S/C13H14N6O/c14-13-18-11(10-12(19-13)17-8-16-10)15-6-7-20-9-4-2-1-3-5-9/h1-5,8H,6-7H2,(H4,14,15,16,17,18,19).